The molecule has 45 heavy (non-hydrogen) atoms. The number of aryl methyl sites for hydroxylation is 2. The Kier molecular flexibility index (Phi) is 15.1. The average molecular weight is 749 g/mol. The van der Waals surface area contributed by atoms with Crippen molar-refractivity contribution >= 4 is 33.5 Å². The molecule has 236 valence electrons. The van der Waals surface area contributed by atoms with Crippen molar-refractivity contribution in [2.75, 3.05) is 0 Å². The molecule has 1 aliphatic heterocycles. The molecular weight excluding hydrogens is 703 g/mol. The second kappa shape index (κ2) is 17.1. The van der Waals surface area contributed by atoms with Crippen molar-refractivity contribution in [3.05, 3.63) is 129 Å². The molecule has 0 amide bonds. The normalized spacial score (nSPS) is 15.2. The third-order valence-electron chi connectivity index (χ3n) is 7.81. The van der Waals surface area contributed by atoms with Crippen molar-refractivity contribution in [2.24, 2.45) is 5.92 Å². The van der Waals surface area contributed by atoms with Crippen molar-refractivity contribution in [1.29, 1.82) is 0 Å². The first-order chi connectivity index (χ1) is 20.3. The molecule has 5 heteroatoms. The van der Waals surface area contributed by atoms with Gasteiger partial charge in [-0.15, -0.1) is 50.7 Å². The number of halogens is 2. The summed E-state index contributed by atoms with van der Waals surface area (Å²) in [4.78, 5) is 1.34. The third kappa shape index (κ3) is 10.0. The number of allylic oxidation sites excluding steroid dienone is 4. The molecule has 6 rings (SSSR count). The van der Waals surface area contributed by atoms with Crippen molar-refractivity contribution in [1.82, 2.24) is 0 Å². The van der Waals surface area contributed by atoms with Gasteiger partial charge in [-0.25, -0.2) is 6.08 Å². The van der Waals surface area contributed by atoms with Crippen LogP contribution < -0.4 is 24.8 Å². The fourth-order valence-corrected chi connectivity index (χ4v) is 6.72. The average Bonchev–Trinajstić information content (AvgIpc) is 3.61. The van der Waals surface area contributed by atoms with E-state index >= 15 is 0 Å². The van der Waals surface area contributed by atoms with Gasteiger partial charge >= 0.3 is 41.9 Å². The summed E-state index contributed by atoms with van der Waals surface area (Å²) in [6.45, 7) is 22.5. The van der Waals surface area contributed by atoms with Crippen molar-refractivity contribution in [2.45, 2.75) is 79.1 Å². The van der Waals surface area contributed by atoms with Crippen LogP contribution in [0.25, 0.3) is 27.5 Å². The molecule has 0 bridgehead atoms. The van der Waals surface area contributed by atoms with Gasteiger partial charge in [0, 0.05) is 5.25 Å². The second-order valence-corrected chi connectivity index (χ2v) is 24.0. The molecule has 1 heterocycles. The van der Waals surface area contributed by atoms with E-state index in [4.69, 9.17) is 0 Å². The quantitative estimate of drug-likeness (QED) is 0.189. The van der Waals surface area contributed by atoms with Crippen LogP contribution in [0.15, 0.2) is 101 Å². The Morgan fingerprint density at radius 3 is 2.04 bits per heavy atom. The zero-order chi connectivity index (χ0) is 31.5. The molecule has 0 saturated carbocycles. The summed E-state index contributed by atoms with van der Waals surface area (Å²) in [6, 6.07) is 28.8. The van der Waals surface area contributed by atoms with Crippen LogP contribution in [0.4, 0.5) is 0 Å². The Morgan fingerprint density at radius 2 is 1.49 bits per heavy atom. The van der Waals surface area contributed by atoms with Gasteiger partial charge in [0.25, 0.3) is 0 Å². The minimum atomic E-state index is 0. The van der Waals surface area contributed by atoms with Crippen LogP contribution >= 0.6 is 11.8 Å². The summed E-state index contributed by atoms with van der Waals surface area (Å²) < 4.78 is 0. The SMILES string of the molecule is CC(C)C1=CC2=C(c3ccc(C(C)(C)C)cc3)C(C)SC2=[C-]1.C[Si](C)=[Zr+2].Cc1cc2c(-c3ccccc3)ccc(C)c2[cH-]1.[Cl-].[Cl-]. The zero-order valence-electron chi connectivity index (χ0n) is 28.4. The van der Waals surface area contributed by atoms with E-state index in [0.29, 0.717) is 11.2 Å². The molecule has 1 unspecified atom stereocenters. The summed E-state index contributed by atoms with van der Waals surface area (Å²) in [5.74, 6) is 0.547. The molecule has 0 aromatic heterocycles. The van der Waals surface area contributed by atoms with E-state index in [1.54, 1.807) is 23.3 Å². The summed E-state index contributed by atoms with van der Waals surface area (Å²) in [7, 11) is 0. The summed E-state index contributed by atoms with van der Waals surface area (Å²) in [6.07, 6.45) is 5.95. The molecule has 0 radical (unpaired) electrons. The van der Waals surface area contributed by atoms with Gasteiger partial charge in [0.1, 0.15) is 0 Å². The summed E-state index contributed by atoms with van der Waals surface area (Å²) >= 11 is 3.69. The van der Waals surface area contributed by atoms with Gasteiger partial charge < -0.3 is 24.8 Å². The second-order valence-electron chi connectivity index (χ2n) is 13.3. The van der Waals surface area contributed by atoms with E-state index in [9.17, 15) is 0 Å². The van der Waals surface area contributed by atoms with Gasteiger partial charge in [-0.2, -0.15) is 23.3 Å². The fraction of sp³-hybridized carbons (Fsp3) is 0.325. The first-order valence-corrected chi connectivity index (χ1v) is 22.4. The van der Waals surface area contributed by atoms with Crippen molar-refractivity contribution in [3.8, 4) is 11.1 Å². The predicted octanol–water partition coefficient (Wildman–Crippen LogP) is 5.79. The Morgan fingerprint density at radius 1 is 0.889 bits per heavy atom. The largest absolute Gasteiger partial charge is 1.00 e. The number of hydrogen-bond acceptors (Lipinski definition) is 1. The molecule has 2 aliphatic rings. The number of rotatable bonds is 3. The third-order valence-corrected chi connectivity index (χ3v) is 8.96. The van der Waals surface area contributed by atoms with E-state index in [0.717, 1.165) is 0 Å². The van der Waals surface area contributed by atoms with Crippen LogP contribution in [0.5, 0.6) is 0 Å². The van der Waals surface area contributed by atoms with E-state index < -0.39 is 0 Å². The molecule has 4 aromatic carbocycles. The molecule has 0 saturated heterocycles. The number of hydrogen-bond donors (Lipinski definition) is 0. The van der Waals surface area contributed by atoms with Crippen LogP contribution in [-0.2, 0) is 28.8 Å². The van der Waals surface area contributed by atoms with Gasteiger partial charge in [0.05, 0.1) is 0 Å². The number of thioether (sulfide) groups is 1. The van der Waals surface area contributed by atoms with Crippen LogP contribution in [0, 0.1) is 25.8 Å². The first-order valence-electron chi connectivity index (χ1n) is 15.4. The van der Waals surface area contributed by atoms with Crippen molar-refractivity contribution in [3.63, 3.8) is 0 Å². The molecule has 1 atom stereocenters. The standard InChI is InChI=1S/C21H25S.C17H15.C2H6Si.2ClH.Zr/c1-13(2)16-11-18-19(12-16)22-14(3)20(18)15-7-9-17(10-8-15)21(4,5)6;1-12-10-16-13(2)8-9-15(17(16)11-12)14-6-4-3-5-7-14;1-3-2;;;/h7-11,13-14H,1-6H3;3-11H,1-2H3;1-2H3;2*1H;/q2*-1;;;;+2/p-2. The summed E-state index contributed by atoms with van der Waals surface area (Å²) in [5, 5.41) is 3.26. The maximum atomic E-state index is 3.60. The topological polar surface area (TPSA) is 0 Å². The molecular formula is C40H46Cl2SSiZr-2. The summed E-state index contributed by atoms with van der Waals surface area (Å²) in [5.41, 5.74) is 12.7. The molecule has 0 nitrogen and oxygen atoms in total. The van der Waals surface area contributed by atoms with E-state index in [-0.39, 0.29) is 35.7 Å². The van der Waals surface area contributed by atoms with Gasteiger partial charge in [-0.3, -0.25) is 0 Å². The smallest absolute Gasteiger partial charge is 0.0279 e. The van der Waals surface area contributed by atoms with E-state index in [1.807, 2.05) is 11.8 Å². The Hall–Kier alpha value is -1.48. The predicted molar refractivity (Wildman–Crippen MR) is 191 cm³/mol. The van der Waals surface area contributed by atoms with Gasteiger partial charge in [-0.05, 0) is 34.9 Å². The van der Waals surface area contributed by atoms with Gasteiger partial charge in [0.15, 0.2) is 0 Å². The van der Waals surface area contributed by atoms with Crippen LogP contribution in [0.1, 0.15) is 63.8 Å². The van der Waals surface area contributed by atoms with Crippen LogP contribution in [0.2, 0.25) is 13.1 Å². The minimum absolute atomic E-state index is 0. The molecule has 0 fully saturated rings. The fourth-order valence-electron chi connectivity index (χ4n) is 5.51. The number of benzene rings is 3. The van der Waals surface area contributed by atoms with Crippen LogP contribution in [0.3, 0.4) is 0 Å². The minimum Gasteiger partial charge on any atom is -1.00 e. The maximum absolute atomic E-state index is 3.60. The number of fused-ring (bicyclic) bond motifs is 2. The first kappa shape index (κ1) is 39.7. The van der Waals surface area contributed by atoms with E-state index in [1.165, 1.54) is 65.8 Å². The molecule has 1 aliphatic carbocycles. The van der Waals surface area contributed by atoms with E-state index in [2.05, 4.69) is 159 Å². The Balaban J connectivity index is 0.000000275. The maximum Gasteiger partial charge on any atom is -0.0279 e. The van der Waals surface area contributed by atoms with Gasteiger partial charge in [-0.1, -0.05) is 120 Å². The van der Waals surface area contributed by atoms with Gasteiger partial charge in [0.2, 0.25) is 0 Å². The Labute approximate surface area is 304 Å². The zero-order valence-corrected chi connectivity index (χ0v) is 34.2. The molecule has 0 N–H and O–H groups in total. The van der Waals surface area contributed by atoms with Crippen LogP contribution in [-0.4, -0.2) is 10.7 Å². The monoisotopic (exact) mass is 746 g/mol. The molecule has 4 aromatic rings. The van der Waals surface area contributed by atoms with Crippen molar-refractivity contribution < 1.29 is 48.1 Å². The Bertz CT molecular complexity index is 1700. The molecule has 0 spiro atoms.